The van der Waals surface area contributed by atoms with Gasteiger partial charge in [-0.15, -0.1) is 0 Å². The van der Waals surface area contributed by atoms with E-state index in [0.717, 1.165) is 18.5 Å². The quantitative estimate of drug-likeness (QED) is 0.847. The molecule has 2 aliphatic rings. The first-order valence-corrected chi connectivity index (χ1v) is 8.09. The van der Waals surface area contributed by atoms with Crippen LogP contribution >= 0.6 is 0 Å². The molecule has 23 heavy (non-hydrogen) atoms. The molecule has 2 aliphatic heterocycles. The number of benzene rings is 1. The van der Waals surface area contributed by atoms with Crippen LogP contribution in [-0.4, -0.2) is 47.4 Å². The third kappa shape index (κ3) is 3.03. The maximum absolute atomic E-state index is 11.0. The summed E-state index contributed by atoms with van der Waals surface area (Å²) >= 11 is 0. The predicted octanol–water partition coefficient (Wildman–Crippen LogP) is 2.47. The maximum atomic E-state index is 11.0. The third-order valence-corrected chi connectivity index (χ3v) is 4.97. The molecule has 0 spiro atoms. The molecule has 1 N–H and O–H groups in total. The summed E-state index contributed by atoms with van der Waals surface area (Å²) in [6.07, 6.45) is 0.775. The van der Waals surface area contributed by atoms with E-state index >= 15 is 0 Å². The Morgan fingerprint density at radius 2 is 2.04 bits per heavy atom. The Bertz CT molecular complexity index is 657. The predicted molar refractivity (Wildman–Crippen MR) is 86.6 cm³/mol. The SMILES string of the molecule is CC1=[N+](CCC2OCCO2)c2ccc(CC(=O)O)cc2C1(C)C. The fourth-order valence-electron chi connectivity index (χ4n) is 3.41. The summed E-state index contributed by atoms with van der Waals surface area (Å²) in [5.74, 6) is -0.797. The van der Waals surface area contributed by atoms with Crippen molar-refractivity contribution < 1.29 is 24.0 Å². The van der Waals surface area contributed by atoms with Gasteiger partial charge in [0.25, 0.3) is 0 Å². The van der Waals surface area contributed by atoms with Gasteiger partial charge in [0, 0.05) is 18.6 Å². The van der Waals surface area contributed by atoms with Crippen LogP contribution in [0, 0.1) is 0 Å². The van der Waals surface area contributed by atoms with E-state index in [2.05, 4.69) is 25.3 Å². The zero-order valence-electron chi connectivity index (χ0n) is 14.0. The van der Waals surface area contributed by atoms with Crippen LogP contribution < -0.4 is 0 Å². The summed E-state index contributed by atoms with van der Waals surface area (Å²) in [4.78, 5) is 11.0. The minimum absolute atomic E-state index is 0.0617. The number of fused-ring (bicyclic) bond motifs is 1. The first kappa shape index (κ1) is 16.1. The highest BCUT2D eigenvalue weighted by molar-refractivity contribution is 5.93. The minimum atomic E-state index is -0.797. The Morgan fingerprint density at radius 3 is 2.70 bits per heavy atom. The minimum Gasteiger partial charge on any atom is -0.481 e. The topological polar surface area (TPSA) is 58.8 Å². The molecule has 1 fully saturated rings. The van der Waals surface area contributed by atoms with Crippen molar-refractivity contribution in [3.63, 3.8) is 0 Å². The zero-order chi connectivity index (χ0) is 16.6. The normalized spacial score (nSPS) is 20.1. The number of hydrogen-bond donors (Lipinski definition) is 1. The highest BCUT2D eigenvalue weighted by Crippen LogP contribution is 2.40. The van der Waals surface area contributed by atoms with Crippen molar-refractivity contribution in [1.82, 2.24) is 0 Å². The van der Waals surface area contributed by atoms with Crippen molar-refractivity contribution in [1.29, 1.82) is 0 Å². The third-order valence-electron chi connectivity index (χ3n) is 4.97. The highest BCUT2D eigenvalue weighted by atomic mass is 16.7. The number of rotatable bonds is 5. The molecule has 0 radical (unpaired) electrons. The van der Waals surface area contributed by atoms with Gasteiger partial charge in [0.05, 0.1) is 31.5 Å². The van der Waals surface area contributed by atoms with E-state index in [1.165, 1.54) is 17.0 Å². The Kier molecular flexibility index (Phi) is 4.25. The molecule has 0 aromatic heterocycles. The lowest BCUT2D eigenvalue weighted by molar-refractivity contribution is -0.443. The van der Waals surface area contributed by atoms with Crippen LogP contribution in [0.1, 0.15) is 38.3 Å². The van der Waals surface area contributed by atoms with E-state index in [1.54, 1.807) is 0 Å². The molecule has 0 unspecified atom stereocenters. The number of aliphatic carboxylic acids is 1. The lowest BCUT2D eigenvalue weighted by Crippen LogP contribution is -2.27. The first-order chi connectivity index (χ1) is 10.9. The van der Waals surface area contributed by atoms with Gasteiger partial charge in [0.15, 0.2) is 18.5 Å². The Labute approximate surface area is 136 Å². The smallest absolute Gasteiger partial charge is 0.307 e. The lowest BCUT2D eigenvalue weighted by Gasteiger charge is -2.15. The van der Waals surface area contributed by atoms with E-state index in [4.69, 9.17) is 14.6 Å². The standard InChI is InChI=1S/C18H23NO4/c1-12-18(2,3)14-10-13(11-16(20)21)4-5-15(14)19(12)7-6-17-22-8-9-23-17/h4-5,10,17H,6-9,11H2,1-3H3/p+1. The Balaban J connectivity index is 1.86. The number of carboxylic acid groups (broad SMARTS) is 1. The van der Waals surface area contributed by atoms with Crippen LogP contribution in [0.25, 0.3) is 0 Å². The molecule has 0 saturated carbocycles. The van der Waals surface area contributed by atoms with Crippen molar-refractivity contribution in [3.8, 4) is 0 Å². The van der Waals surface area contributed by atoms with Gasteiger partial charge in [0.1, 0.15) is 0 Å². The van der Waals surface area contributed by atoms with Crippen molar-refractivity contribution in [2.24, 2.45) is 0 Å². The fourth-order valence-corrected chi connectivity index (χ4v) is 3.41. The van der Waals surface area contributed by atoms with Crippen LogP contribution in [0.2, 0.25) is 0 Å². The lowest BCUT2D eigenvalue weighted by atomic mass is 9.81. The summed E-state index contributed by atoms with van der Waals surface area (Å²) in [6, 6.07) is 5.99. The van der Waals surface area contributed by atoms with E-state index in [9.17, 15) is 4.79 Å². The molecular weight excluding hydrogens is 294 g/mol. The number of ether oxygens (including phenoxy) is 2. The summed E-state index contributed by atoms with van der Waals surface area (Å²) in [7, 11) is 0. The monoisotopic (exact) mass is 318 g/mol. The summed E-state index contributed by atoms with van der Waals surface area (Å²) in [5, 5.41) is 9.01. The Hall–Kier alpha value is -1.72. The van der Waals surface area contributed by atoms with E-state index in [-0.39, 0.29) is 18.1 Å². The molecular formula is C18H24NO4+. The Morgan fingerprint density at radius 1 is 1.35 bits per heavy atom. The van der Waals surface area contributed by atoms with Gasteiger partial charge in [-0.05, 0) is 25.5 Å². The van der Waals surface area contributed by atoms with Gasteiger partial charge >= 0.3 is 5.97 Å². The van der Waals surface area contributed by atoms with Crippen molar-refractivity contribution in [2.75, 3.05) is 19.8 Å². The highest BCUT2D eigenvalue weighted by Gasteiger charge is 2.43. The summed E-state index contributed by atoms with van der Waals surface area (Å²) < 4.78 is 13.4. The van der Waals surface area contributed by atoms with E-state index in [0.29, 0.717) is 13.2 Å². The summed E-state index contributed by atoms with van der Waals surface area (Å²) in [5.41, 5.74) is 4.39. The molecule has 124 valence electrons. The van der Waals surface area contributed by atoms with Crippen LogP contribution in [0.15, 0.2) is 18.2 Å². The van der Waals surface area contributed by atoms with Crippen LogP contribution in [-0.2, 0) is 26.1 Å². The number of carboxylic acids is 1. The fraction of sp³-hybridized carbons (Fsp3) is 0.556. The molecule has 1 aromatic carbocycles. The first-order valence-electron chi connectivity index (χ1n) is 8.09. The molecule has 1 saturated heterocycles. The molecule has 0 amide bonds. The molecule has 5 nitrogen and oxygen atoms in total. The van der Waals surface area contributed by atoms with Gasteiger partial charge in [-0.2, -0.15) is 4.58 Å². The number of hydrogen-bond acceptors (Lipinski definition) is 3. The van der Waals surface area contributed by atoms with Crippen molar-refractivity contribution in [2.45, 2.75) is 45.3 Å². The van der Waals surface area contributed by atoms with Crippen LogP contribution in [0.4, 0.5) is 5.69 Å². The second kappa shape index (κ2) is 6.06. The largest absolute Gasteiger partial charge is 0.481 e. The molecule has 2 heterocycles. The molecule has 5 heteroatoms. The van der Waals surface area contributed by atoms with E-state index < -0.39 is 5.97 Å². The van der Waals surface area contributed by atoms with Gasteiger partial charge in [-0.1, -0.05) is 6.07 Å². The van der Waals surface area contributed by atoms with Gasteiger partial charge in [-0.25, -0.2) is 0 Å². The average molecular weight is 318 g/mol. The van der Waals surface area contributed by atoms with E-state index in [1.807, 2.05) is 18.2 Å². The van der Waals surface area contributed by atoms with Gasteiger partial charge < -0.3 is 14.6 Å². The average Bonchev–Trinajstić information content (AvgIpc) is 3.06. The van der Waals surface area contributed by atoms with Crippen molar-refractivity contribution in [3.05, 3.63) is 29.3 Å². The summed E-state index contributed by atoms with van der Waals surface area (Å²) in [6.45, 7) is 8.71. The van der Waals surface area contributed by atoms with Crippen LogP contribution in [0.3, 0.4) is 0 Å². The second-order valence-corrected chi connectivity index (χ2v) is 6.74. The molecule has 3 rings (SSSR count). The molecule has 0 bridgehead atoms. The van der Waals surface area contributed by atoms with Gasteiger partial charge in [-0.3, -0.25) is 4.79 Å². The maximum Gasteiger partial charge on any atom is 0.307 e. The molecule has 0 aliphatic carbocycles. The number of nitrogens with zero attached hydrogens (tertiary/aromatic N) is 1. The van der Waals surface area contributed by atoms with Gasteiger partial charge in [0.2, 0.25) is 5.69 Å². The van der Waals surface area contributed by atoms with Crippen LogP contribution in [0.5, 0.6) is 0 Å². The zero-order valence-corrected chi connectivity index (χ0v) is 14.0. The molecule has 0 atom stereocenters. The number of carbonyl (C=O) groups is 1. The molecule has 1 aromatic rings. The van der Waals surface area contributed by atoms with Crippen molar-refractivity contribution >= 4 is 17.4 Å². The second-order valence-electron chi connectivity index (χ2n) is 6.74.